The van der Waals surface area contributed by atoms with E-state index in [0.717, 1.165) is 0 Å². The molecule has 20 heavy (non-hydrogen) atoms. The van der Waals surface area contributed by atoms with E-state index in [4.69, 9.17) is 12.2 Å². The van der Waals surface area contributed by atoms with Crippen molar-refractivity contribution < 1.29 is 10.0 Å². The van der Waals surface area contributed by atoms with Gasteiger partial charge in [0, 0.05) is 18.0 Å². The van der Waals surface area contributed by atoms with Crippen LogP contribution in [0.4, 0.5) is 11.4 Å². The summed E-state index contributed by atoms with van der Waals surface area (Å²) in [4.78, 5) is 12.1. The Morgan fingerprint density at radius 1 is 1.40 bits per heavy atom. The van der Waals surface area contributed by atoms with Crippen molar-refractivity contribution in [2.75, 3.05) is 4.90 Å². The highest BCUT2D eigenvalue weighted by Gasteiger charge is 2.45. The molecule has 1 aromatic carbocycles. The minimum Gasteiger partial charge on any atom is -0.371 e. The van der Waals surface area contributed by atoms with Gasteiger partial charge < -0.3 is 10.4 Å². The Bertz CT molecular complexity index is 572. The maximum atomic E-state index is 11.1. The van der Waals surface area contributed by atoms with E-state index in [1.807, 2.05) is 13.8 Å². The predicted molar refractivity (Wildman–Crippen MR) is 80.6 cm³/mol. The average Bonchev–Trinajstić information content (AvgIpc) is 2.25. The Balaban J connectivity index is 2.52. The first kappa shape index (κ1) is 14.7. The molecule has 1 aliphatic rings. The van der Waals surface area contributed by atoms with Gasteiger partial charge in [-0.25, -0.2) is 0 Å². The highest BCUT2D eigenvalue weighted by molar-refractivity contribution is 7.80. The van der Waals surface area contributed by atoms with Gasteiger partial charge in [-0.2, -0.15) is 0 Å². The van der Waals surface area contributed by atoms with Crippen LogP contribution in [-0.4, -0.2) is 26.4 Å². The lowest BCUT2D eigenvalue weighted by atomic mass is 9.90. The number of nitrogens with one attached hydrogen (secondary N) is 1. The van der Waals surface area contributed by atoms with Crippen LogP contribution in [0.3, 0.4) is 0 Å². The summed E-state index contributed by atoms with van der Waals surface area (Å²) in [5.74, 6) is 0. The summed E-state index contributed by atoms with van der Waals surface area (Å²) in [6.07, 6.45) is 0.381. The molecule has 0 radical (unpaired) electrons. The van der Waals surface area contributed by atoms with Gasteiger partial charge in [-0.3, -0.25) is 15.0 Å². The molecule has 1 saturated heterocycles. The van der Waals surface area contributed by atoms with Crippen molar-refractivity contribution >= 4 is 28.7 Å². The van der Waals surface area contributed by atoms with Crippen LogP contribution >= 0.6 is 12.2 Å². The number of hydrogen-bond donors (Lipinski definition) is 2. The van der Waals surface area contributed by atoms with Crippen LogP contribution in [0.2, 0.25) is 0 Å². The van der Waals surface area contributed by atoms with Gasteiger partial charge in [0.25, 0.3) is 5.69 Å². The molecule has 1 fully saturated rings. The monoisotopic (exact) mass is 295 g/mol. The molecule has 7 heteroatoms. The minimum absolute atomic E-state index is 0.0865. The molecule has 0 aromatic heterocycles. The van der Waals surface area contributed by atoms with Crippen LogP contribution < -0.4 is 10.2 Å². The first-order valence-electron chi connectivity index (χ1n) is 6.22. The molecule has 0 unspecified atom stereocenters. The van der Waals surface area contributed by atoms with E-state index in [9.17, 15) is 15.2 Å². The summed E-state index contributed by atoms with van der Waals surface area (Å²) < 4.78 is 0. The summed E-state index contributed by atoms with van der Waals surface area (Å²) >= 11 is 5.29. The number of rotatable bonds is 2. The van der Waals surface area contributed by atoms with Crippen LogP contribution in [0.1, 0.15) is 27.2 Å². The molecule has 0 saturated carbocycles. The number of nitro benzene ring substituents is 1. The van der Waals surface area contributed by atoms with Crippen LogP contribution in [0.25, 0.3) is 0 Å². The molecule has 1 atom stereocenters. The number of benzene rings is 1. The van der Waals surface area contributed by atoms with Crippen LogP contribution in [0, 0.1) is 10.1 Å². The molecule has 2 rings (SSSR count). The normalized spacial score (nSPS) is 25.2. The molecule has 0 spiro atoms. The average molecular weight is 295 g/mol. The summed E-state index contributed by atoms with van der Waals surface area (Å²) in [5, 5.41) is 25.2. The van der Waals surface area contributed by atoms with Crippen molar-refractivity contribution in [1.29, 1.82) is 0 Å². The lowest BCUT2D eigenvalue weighted by molar-refractivity contribution is -0.384. The zero-order valence-electron chi connectivity index (χ0n) is 11.6. The van der Waals surface area contributed by atoms with Crippen LogP contribution in [0.15, 0.2) is 24.3 Å². The molecule has 6 nitrogen and oxygen atoms in total. The topological polar surface area (TPSA) is 78.6 Å². The number of nitro groups is 1. The van der Waals surface area contributed by atoms with Crippen molar-refractivity contribution in [1.82, 2.24) is 5.32 Å². The lowest BCUT2D eigenvalue weighted by Gasteiger charge is -2.49. The fraction of sp³-hybridized carbons (Fsp3) is 0.462. The number of thiocarbonyl (C=S) groups is 1. The third-order valence-electron chi connectivity index (χ3n) is 3.23. The second-order valence-electron chi connectivity index (χ2n) is 5.79. The Morgan fingerprint density at radius 2 is 2.00 bits per heavy atom. The second-order valence-corrected chi connectivity index (χ2v) is 6.18. The molecule has 1 heterocycles. The number of aliphatic hydroxyl groups is 1. The number of hydrogen-bond acceptors (Lipinski definition) is 4. The van der Waals surface area contributed by atoms with Gasteiger partial charge in [0.1, 0.15) is 11.4 Å². The van der Waals surface area contributed by atoms with Crippen molar-refractivity contribution in [2.24, 2.45) is 0 Å². The highest BCUT2D eigenvalue weighted by atomic mass is 32.1. The first-order chi connectivity index (χ1) is 9.14. The molecule has 108 valence electrons. The fourth-order valence-electron chi connectivity index (χ4n) is 2.70. The molecule has 0 bridgehead atoms. The zero-order chi connectivity index (χ0) is 15.1. The fourth-order valence-corrected chi connectivity index (χ4v) is 3.27. The maximum Gasteiger partial charge on any atom is 0.293 e. The molecule has 1 aromatic rings. The third kappa shape index (κ3) is 2.59. The van der Waals surface area contributed by atoms with E-state index in [1.54, 1.807) is 25.1 Å². The molecule has 0 amide bonds. The van der Waals surface area contributed by atoms with Gasteiger partial charge in [0.2, 0.25) is 0 Å². The van der Waals surface area contributed by atoms with E-state index in [-0.39, 0.29) is 22.0 Å². The summed E-state index contributed by atoms with van der Waals surface area (Å²) in [5.41, 5.74) is -1.47. The van der Waals surface area contributed by atoms with Crippen molar-refractivity contribution in [3.05, 3.63) is 34.4 Å². The first-order valence-corrected chi connectivity index (χ1v) is 6.63. The third-order valence-corrected chi connectivity index (χ3v) is 3.51. The van der Waals surface area contributed by atoms with Gasteiger partial charge in [-0.15, -0.1) is 0 Å². The van der Waals surface area contributed by atoms with Crippen LogP contribution in [-0.2, 0) is 0 Å². The van der Waals surface area contributed by atoms with E-state index in [1.165, 1.54) is 11.0 Å². The molecule has 1 aliphatic heterocycles. The van der Waals surface area contributed by atoms with E-state index < -0.39 is 10.6 Å². The van der Waals surface area contributed by atoms with Gasteiger partial charge in [0.05, 0.1) is 4.92 Å². The summed E-state index contributed by atoms with van der Waals surface area (Å²) in [6.45, 7) is 5.45. The van der Waals surface area contributed by atoms with Gasteiger partial charge >= 0.3 is 0 Å². The van der Waals surface area contributed by atoms with Crippen molar-refractivity contribution in [3.63, 3.8) is 0 Å². The molecule has 2 N–H and O–H groups in total. The van der Waals surface area contributed by atoms with E-state index in [0.29, 0.717) is 6.42 Å². The minimum atomic E-state index is -1.29. The maximum absolute atomic E-state index is 11.1. The van der Waals surface area contributed by atoms with Gasteiger partial charge in [0.15, 0.2) is 5.11 Å². The number of nitrogens with zero attached hydrogens (tertiary/aromatic N) is 2. The number of anilines is 1. The largest absolute Gasteiger partial charge is 0.371 e. The van der Waals surface area contributed by atoms with Crippen molar-refractivity contribution in [3.8, 4) is 0 Å². The van der Waals surface area contributed by atoms with E-state index in [2.05, 4.69) is 5.32 Å². The van der Waals surface area contributed by atoms with Crippen molar-refractivity contribution in [2.45, 2.75) is 38.5 Å². The lowest BCUT2D eigenvalue weighted by Crippen LogP contribution is -2.66. The predicted octanol–water partition coefficient (Wildman–Crippen LogP) is 2.17. The standard InChI is InChI=1S/C13H17N3O3S/c1-12(2)8-13(3,17)15(11(20)14-12)9-6-4-5-7-10(9)16(18)19/h4-7,17H,8H2,1-3H3,(H,14,20)/t13-/m1/s1. The molecular weight excluding hydrogens is 278 g/mol. The molecular formula is C13H17N3O3S. The molecule has 0 aliphatic carbocycles. The zero-order valence-corrected chi connectivity index (χ0v) is 12.4. The quantitative estimate of drug-likeness (QED) is 0.494. The Hall–Kier alpha value is -1.73. The highest BCUT2D eigenvalue weighted by Crippen LogP contribution is 2.37. The SMILES string of the molecule is CC1(C)C[C@@](C)(O)N(c2ccccc2[N+](=O)[O-])C(=S)N1. The number of para-hydroxylation sites is 2. The Labute approximate surface area is 122 Å². The Kier molecular flexibility index (Phi) is 3.43. The van der Waals surface area contributed by atoms with E-state index >= 15 is 0 Å². The summed E-state index contributed by atoms with van der Waals surface area (Å²) in [6, 6.07) is 6.24. The van der Waals surface area contributed by atoms with Gasteiger partial charge in [-0.05, 0) is 39.1 Å². The summed E-state index contributed by atoms with van der Waals surface area (Å²) in [7, 11) is 0. The van der Waals surface area contributed by atoms with Crippen LogP contribution in [0.5, 0.6) is 0 Å². The smallest absolute Gasteiger partial charge is 0.293 e. The second kappa shape index (κ2) is 4.68. The Morgan fingerprint density at radius 3 is 2.55 bits per heavy atom. The van der Waals surface area contributed by atoms with Gasteiger partial charge in [-0.1, -0.05) is 12.1 Å².